The van der Waals surface area contributed by atoms with Crippen molar-refractivity contribution < 1.29 is 13.9 Å². The van der Waals surface area contributed by atoms with Crippen molar-refractivity contribution in [1.29, 1.82) is 0 Å². The Bertz CT molecular complexity index is 697. The van der Waals surface area contributed by atoms with Gasteiger partial charge in [0.15, 0.2) is 0 Å². The number of amides is 1. The van der Waals surface area contributed by atoms with Crippen LogP contribution in [0.5, 0.6) is 0 Å². The molecule has 0 saturated carbocycles. The molecule has 1 saturated heterocycles. The molecule has 1 aliphatic heterocycles. The molecule has 1 atom stereocenters. The van der Waals surface area contributed by atoms with Gasteiger partial charge in [-0.25, -0.2) is 4.39 Å². The van der Waals surface area contributed by atoms with Crippen LogP contribution in [-0.2, 0) is 23.1 Å². The fourth-order valence-corrected chi connectivity index (χ4v) is 2.89. The molecule has 0 bridgehead atoms. The molecule has 7 heteroatoms. The molecule has 2 heterocycles. The van der Waals surface area contributed by atoms with Crippen molar-refractivity contribution in [3.8, 4) is 0 Å². The Morgan fingerprint density at radius 2 is 2.21 bits per heavy atom. The lowest BCUT2D eigenvalue weighted by Gasteiger charge is -2.33. The number of hydrogen-bond acceptors (Lipinski definition) is 4. The van der Waals surface area contributed by atoms with Gasteiger partial charge in [-0.05, 0) is 17.7 Å². The van der Waals surface area contributed by atoms with Gasteiger partial charge in [0.25, 0.3) is 0 Å². The average Bonchev–Trinajstić information content (AvgIpc) is 3.00. The molecular formula is C17H21FN4O2. The van der Waals surface area contributed by atoms with Gasteiger partial charge in [0.05, 0.1) is 19.4 Å². The number of carbonyl (C=O) groups excluding carboxylic acids is 1. The van der Waals surface area contributed by atoms with Crippen LogP contribution in [0, 0.1) is 5.82 Å². The number of morpholine rings is 1. The molecule has 0 aliphatic carbocycles. The van der Waals surface area contributed by atoms with E-state index in [0.29, 0.717) is 38.4 Å². The second-order valence-electron chi connectivity index (χ2n) is 5.85. The highest BCUT2D eigenvalue weighted by molar-refractivity contribution is 5.83. The number of ether oxygens (including phenoxy) is 1. The van der Waals surface area contributed by atoms with Gasteiger partial charge in [-0.2, -0.15) is 5.10 Å². The van der Waals surface area contributed by atoms with Crippen molar-refractivity contribution in [1.82, 2.24) is 20.0 Å². The van der Waals surface area contributed by atoms with Crippen molar-refractivity contribution in [2.45, 2.75) is 12.6 Å². The number of nitrogens with one attached hydrogen (secondary N) is 1. The predicted octanol–water partition coefficient (Wildman–Crippen LogP) is 1.25. The Kier molecular flexibility index (Phi) is 5.22. The van der Waals surface area contributed by atoms with E-state index in [1.807, 2.05) is 18.1 Å². The van der Waals surface area contributed by atoms with Crippen LogP contribution in [0.1, 0.15) is 17.2 Å². The fraction of sp³-hybridized carbons (Fsp3) is 0.412. The average molecular weight is 332 g/mol. The van der Waals surface area contributed by atoms with Crippen LogP contribution in [0.2, 0.25) is 0 Å². The monoisotopic (exact) mass is 332 g/mol. The Morgan fingerprint density at radius 1 is 1.42 bits per heavy atom. The Morgan fingerprint density at radius 3 is 2.88 bits per heavy atom. The van der Waals surface area contributed by atoms with E-state index in [9.17, 15) is 9.18 Å². The third-order valence-corrected chi connectivity index (χ3v) is 4.05. The van der Waals surface area contributed by atoms with E-state index >= 15 is 0 Å². The fourth-order valence-electron chi connectivity index (χ4n) is 2.89. The second-order valence-corrected chi connectivity index (χ2v) is 5.85. The second kappa shape index (κ2) is 7.55. The topological polar surface area (TPSA) is 59.4 Å². The number of nitrogens with zero attached hydrogens (tertiary/aromatic N) is 3. The number of aromatic nitrogens is 2. The van der Waals surface area contributed by atoms with Gasteiger partial charge in [0, 0.05) is 38.4 Å². The van der Waals surface area contributed by atoms with Crippen LogP contribution in [0.4, 0.5) is 4.39 Å². The molecule has 2 aromatic rings. The number of rotatable bonds is 5. The molecule has 1 amide bonds. The summed E-state index contributed by atoms with van der Waals surface area (Å²) in [5, 5.41) is 7.02. The van der Waals surface area contributed by atoms with Crippen LogP contribution >= 0.6 is 0 Å². The number of benzene rings is 1. The van der Waals surface area contributed by atoms with Gasteiger partial charge in [-0.3, -0.25) is 14.4 Å². The SMILES string of the molecule is Cn1cc(CNC(=O)[C@@H](c2cccc(F)c2)N2CCOCC2)cn1. The zero-order chi connectivity index (χ0) is 16.9. The molecule has 1 aromatic heterocycles. The largest absolute Gasteiger partial charge is 0.379 e. The van der Waals surface area contributed by atoms with E-state index in [2.05, 4.69) is 10.4 Å². The lowest BCUT2D eigenvalue weighted by Crippen LogP contribution is -2.45. The van der Waals surface area contributed by atoms with Gasteiger partial charge < -0.3 is 10.1 Å². The smallest absolute Gasteiger partial charge is 0.242 e. The standard InChI is InChI=1S/C17H21FN4O2/c1-21-12-13(11-20-21)10-19-17(23)16(22-5-7-24-8-6-22)14-3-2-4-15(18)9-14/h2-4,9,11-12,16H,5-8,10H2,1H3,(H,19,23)/t16-/m1/s1. The summed E-state index contributed by atoms with van der Waals surface area (Å²) in [6, 6.07) is 5.69. The number of aryl methyl sites for hydroxylation is 1. The van der Waals surface area contributed by atoms with Crippen LogP contribution in [0.25, 0.3) is 0 Å². The summed E-state index contributed by atoms with van der Waals surface area (Å²) >= 11 is 0. The van der Waals surface area contributed by atoms with Gasteiger partial charge in [-0.1, -0.05) is 12.1 Å². The van der Waals surface area contributed by atoms with Crippen molar-refractivity contribution in [3.63, 3.8) is 0 Å². The van der Waals surface area contributed by atoms with Crippen LogP contribution < -0.4 is 5.32 Å². The molecule has 6 nitrogen and oxygen atoms in total. The molecule has 1 N–H and O–H groups in total. The van der Waals surface area contributed by atoms with E-state index in [-0.39, 0.29) is 11.7 Å². The maximum Gasteiger partial charge on any atom is 0.242 e. The lowest BCUT2D eigenvalue weighted by atomic mass is 10.0. The van der Waals surface area contributed by atoms with E-state index in [0.717, 1.165) is 5.56 Å². The molecule has 1 aromatic carbocycles. The van der Waals surface area contributed by atoms with Crippen LogP contribution in [0.15, 0.2) is 36.7 Å². The summed E-state index contributed by atoms with van der Waals surface area (Å²) in [7, 11) is 1.83. The summed E-state index contributed by atoms with van der Waals surface area (Å²) in [6.07, 6.45) is 3.57. The maximum absolute atomic E-state index is 13.6. The Balaban J connectivity index is 1.76. The Hall–Kier alpha value is -2.25. The third kappa shape index (κ3) is 3.98. The summed E-state index contributed by atoms with van der Waals surface area (Å²) in [5.41, 5.74) is 1.58. The minimum Gasteiger partial charge on any atom is -0.379 e. The summed E-state index contributed by atoms with van der Waals surface area (Å²) in [6.45, 7) is 2.81. The van der Waals surface area contributed by atoms with Gasteiger partial charge in [-0.15, -0.1) is 0 Å². The molecular weight excluding hydrogens is 311 g/mol. The van der Waals surface area contributed by atoms with Crippen LogP contribution in [-0.4, -0.2) is 46.9 Å². The van der Waals surface area contributed by atoms with Gasteiger partial charge in [0.1, 0.15) is 11.9 Å². The number of halogens is 1. The number of hydrogen-bond donors (Lipinski definition) is 1. The first-order chi connectivity index (χ1) is 11.6. The highest BCUT2D eigenvalue weighted by Crippen LogP contribution is 2.23. The summed E-state index contributed by atoms with van der Waals surface area (Å²) in [4.78, 5) is 14.8. The van der Waals surface area contributed by atoms with E-state index in [4.69, 9.17) is 4.74 Å². The van der Waals surface area contributed by atoms with Gasteiger partial charge >= 0.3 is 0 Å². The molecule has 1 aliphatic rings. The normalized spacial score (nSPS) is 16.8. The molecule has 0 radical (unpaired) electrons. The highest BCUT2D eigenvalue weighted by atomic mass is 19.1. The molecule has 3 rings (SSSR count). The maximum atomic E-state index is 13.6. The first-order valence-corrected chi connectivity index (χ1v) is 7.96. The van der Waals surface area contributed by atoms with Crippen LogP contribution in [0.3, 0.4) is 0 Å². The highest BCUT2D eigenvalue weighted by Gasteiger charge is 2.29. The van der Waals surface area contributed by atoms with Crippen molar-refractivity contribution in [3.05, 3.63) is 53.6 Å². The number of carbonyl (C=O) groups is 1. The van der Waals surface area contributed by atoms with Crippen molar-refractivity contribution >= 4 is 5.91 Å². The van der Waals surface area contributed by atoms with Crippen molar-refractivity contribution in [2.75, 3.05) is 26.3 Å². The lowest BCUT2D eigenvalue weighted by molar-refractivity contribution is -0.128. The molecule has 1 fully saturated rings. The molecule has 24 heavy (non-hydrogen) atoms. The zero-order valence-electron chi connectivity index (χ0n) is 13.6. The minimum atomic E-state index is -0.527. The molecule has 128 valence electrons. The first kappa shape index (κ1) is 16.6. The third-order valence-electron chi connectivity index (χ3n) is 4.05. The summed E-state index contributed by atoms with van der Waals surface area (Å²) in [5.74, 6) is -0.489. The Labute approximate surface area is 140 Å². The quantitative estimate of drug-likeness (QED) is 0.895. The van der Waals surface area contributed by atoms with Crippen molar-refractivity contribution in [2.24, 2.45) is 7.05 Å². The van der Waals surface area contributed by atoms with E-state index in [1.165, 1.54) is 12.1 Å². The first-order valence-electron chi connectivity index (χ1n) is 7.96. The minimum absolute atomic E-state index is 0.147. The molecule has 0 unspecified atom stereocenters. The van der Waals surface area contributed by atoms with E-state index in [1.54, 1.807) is 23.0 Å². The summed E-state index contributed by atoms with van der Waals surface area (Å²) < 4.78 is 20.7. The van der Waals surface area contributed by atoms with E-state index < -0.39 is 6.04 Å². The zero-order valence-corrected chi connectivity index (χ0v) is 13.6. The predicted molar refractivity (Wildman–Crippen MR) is 86.6 cm³/mol. The van der Waals surface area contributed by atoms with Gasteiger partial charge in [0.2, 0.25) is 5.91 Å². The molecule has 0 spiro atoms.